The van der Waals surface area contributed by atoms with Crippen LogP contribution in [-0.4, -0.2) is 34.4 Å². The van der Waals surface area contributed by atoms with Gasteiger partial charge in [-0.25, -0.2) is 14.7 Å². The fourth-order valence-corrected chi connectivity index (χ4v) is 2.93. The highest BCUT2D eigenvalue weighted by atomic mass is 16.2. The number of carbonyl (C=O) groups excluding carboxylic acids is 2. The molecule has 2 aliphatic heterocycles. The molecule has 100 valence electrons. The predicted molar refractivity (Wildman–Crippen MR) is 70.9 cm³/mol. The normalized spacial score (nSPS) is 22.9. The van der Waals surface area contributed by atoms with Crippen LogP contribution < -0.4 is 4.90 Å². The lowest BCUT2D eigenvalue weighted by Crippen LogP contribution is -2.39. The molecule has 0 bridgehead atoms. The van der Waals surface area contributed by atoms with E-state index in [1.165, 1.54) is 4.90 Å². The molecule has 3 heterocycles. The van der Waals surface area contributed by atoms with Crippen molar-refractivity contribution >= 4 is 17.8 Å². The van der Waals surface area contributed by atoms with Crippen LogP contribution in [0, 0.1) is 13.8 Å². The summed E-state index contributed by atoms with van der Waals surface area (Å²) in [5.74, 6) is 0.360. The van der Waals surface area contributed by atoms with Gasteiger partial charge in [0.05, 0.1) is 0 Å². The number of aromatic nitrogens is 1. The van der Waals surface area contributed by atoms with Crippen molar-refractivity contribution in [2.24, 2.45) is 0 Å². The molecule has 0 N–H and O–H groups in total. The number of nitrogens with zero attached hydrogens (tertiary/aromatic N) is 3. The summed E-state index contributed by atoms with van der Waals surface area (Å²) in [6.07, 6.45) is 4.45. The topological polar surface area (TPSA) is 53.5 Å². The Morgan fingerprint density at radius 2 is 2.05 bits per heavy atom. The predicted octanol–water partition coefficient (Wildman–Crippen LogP) is 2.02. The molecule has 0 radical (unpaired) electrons. The average molecular weight is 259 g/mol. The molecule has 3 amide bonds. The van der Waals surface area contributed by atoms with Crippen molar-refractivity contribution in [1.82, 2.24) is 9.88 Å². The lowest BCUT2D eigenvalue weighted by molar-refractivity contribution is -0.120. The number of rotatable bonds is 1. The zero-order chi connectivity index (χ0) is 13.6. The monoisotopic (exact) mass is 259 g/mol. The lowest BCUT2D eigenvalue weighted by atomic mass is 10.0. The zero-order valence-electron chi connectivity index (χ0n) is 11.2. The van der Waals surface area contributed by atoms with Crippen LogP contribution in [0.15, 0.2) is 12.3 Å². The van der Waals surface area contributed by atoms with E-state index in [2.05, 4.69) is 4.98 Å². The van der Waals surface area contributed by atoms with Crippen molar-refractivity contribution in [2.75, 3.05) is 11.4 Å². The van der Waals surface area contributed by atoms with Gasteiger partial charge in [-0.3, -0.25) is 4.79 Å². The lowest BCUT2D eigenvalue weighted by Gasteiger charge is -2.25. The van der Waals surface area contributed by atoms with Crippen molar-refractivity contribution in [1.29, 1.82) is 0 Å². The van der Waals surface area contributed by atoms with Gasteiger partial charge in [-0.15, -0.1) is 0 Å². The molecule has 5 heteroatoms. The largest absolute Gasteiger partial charge is 0.333 e. The Morgan fingerprint density at radius 3 is 2.74 bits per heavy atom. The van der Waals surface area contributed by atoms with Crippen molar-refractivity contribution in [3.63, 3.8) is 0 Å². The number of piperidine rings is 1. The standard InChI is InChI=1S/C14H17N3O2/c1-9-7-10(2)12(15-8-9)17-13(18)11-5-3-4-6-16(11)14(17)19/h7-8,11H,3-6H2,1-2H3. The number of pyridine rings is 1. The van der Waals surface area contributed by atoms with Gasteiger partial charge in [-0.2, -0.15) is 0 Å². The summed E-state index contributed by atoms with van der Waals surface area (Å²) in [4.78, 5) is 32.0. The van der Waals surface area contributed by atoms with Gasteiger partial charge in [0.2, 0.25) is 0 Å². The third kappa shape index (κ3) is 1.80. The SMILES string of the molecule is Cc1cnc(N2C(=O)C3CCCCN3C2=O)c(C)c1. The van der Waals surface area contributed by atoms with Crippen molar-refractivity contribution < 1.29 is 9.59 Å². The highest BCUT2D eigenvalue weighted by molar-refractivity contribution is 6.21. The highest BCUT2D eigenvalue weighted by Crippen LogP contribution is 2.31. The van der Waals surface area contributed by atoms with Gasteiger partial charge in [-0.1, -0.05) is 6.07 Å². The van der Waals surface area contributed by atoms with E-state index in [0.29, 0.717) is 12.4 Å². The van der Waals surface area contributed by atoms with Crippen molar-refractivity contribution in [3.05, 3.63) is 23.4 Å². The second-order valence-corrected chi connectivity index (χ2v) is 5.31. The first-order valence-corrected chi connectivity index (χ1v) is 6.67. The van der Waals surface area contributed by atoms with E-state index in [4.69, 9.17) is 0 Å². The summed E-state index contributed by atoms with van der Waals surface area (Å²) >= 11 is 0. The van der Waals surface area contributed by atoms with E-state index < -0.39 is 0 Å². The number of fused-ring (bicyclic) bond motifs is 1. The minimum Gasteiger partial charge on any atom is -0.312 e. The summed E-state index contributed by atoms with van der Waals surface area (Å²) in [6.45, 7) is 4.50. The summed E-state index contributed by atoms with van der Waals surface area (Å²) < 4.78 is 0. The number of hydrogen-bond acceptors (Lipinski definition) is 3. The molecule has 2 saturated heterocycles. The zero-order valence-corrected chi connectivity index (χ0v) is 11.2. The van der Waals surface area contributed by atoms with Crippen LogP contribution in [0.25, 0.3) is 0 Å². The first kappa shape index (κ1) is 12.1. The minimum atomic E-state index is -0.274. The Hall–Kier alpha value is -1.91. The van der Waals surface area contributed by atoms with Gasteiger partial charge in [0.25, 0.3) is 5.91 Å². The second-order valence-electron chi connectivity index (χ2n) is 5.31. The minimum absolute atomic E-state index is 0.121. The Balaban J connectivity index is 2.00. The molecule has 0 aromatic carbocycles. The number of hydrogen-bond donors (Lipinski definition) is 0. The Labute approximate surface area is 112 Å². The smallest absolute Gasteiger partial charge is 0.312 e. The molecule has 3 rings (SSSR count). The van der Waals surface area contributed by atoms with E-state index in [1.54, 1.807) is 11.1 Å². The summed E-state index contributed by atoms with van der Waals surface area (Å²) in [5, 5.41) is 0. The summed E-state index contributed by atoms with van der Waals surface area (Å²) in [7, 11) is 0. The first-order chi connectivity index (χ1) is 9.09. The summed E-state index contributed by atoms with van der Waals surface area (Å²) in [6, 6.07) is 1.46. The third-order valence-corrected chi connectivity index (χ3v) is 3.84. The van der Waals surface area contributed by atoms with Gasteiger partial charge < -0.3 is 4.90 Å². The molecular formula is C14H17N3O2. The van der Waals surface area contributed by atoms with Crippen LogP contribution >= 0.6 is 0 Å². The van der Waals surface area contributed by atoms with Crippen LogP contribution in [0.4, 0.5) is 10.6 Å². The van der Waals surface area contributed by atoms with E-state index in [0.717, 1.165) is 30.4 Å². The maximum atomic E-state index is 12.4. The molecule has 1 unspecified atom stereocenters. The van der Waals surface area contributed by atoms with Gasteiger partial charge >= 0.3 is 6.03 Å². The molecule has 0 spiro atoms. The van der Waals surface area contributed by atoms with Crippen molar-refractivity contribution in [3.8, 4) is 0 Å². The number of aryl methyl sites for hydroxylation is 2. The van der Waals surface area contributed by atoms with E-state index >= 15 is 0 Å². The maximum Gasteiger partial charge on any atom is 0.333 e. The van der Waals surface area contributed by atoms with E-state index in [9.17, 15) is 9.59 Å². The number of anilines is 1. The number of imide groups is 1. The van der Waals surface area contributed by atoms with Crippen LogP contribution in [0.2, 0.25) is 0 Å². The highest BCUT2D eigenvalue weighted by Gasteiger charge is 2.47. The molecule has 19 heavy (non-hydrogen) atoms. The molecule has 2 fully saturated rings. The van der Waals surface area contributed by atoms with E-state index in [1.807, 2.05) is 19.9 Å². The Kier molecular flexibility index (Phi) is 2.77. The fourth-order valence-electron chi connectivity index (χ4n) is 2.93. The quantitative estimate of drug-likeness (QED) is 0.725. The first-order valence-electron chi connectivity index (χ1n) is 6.67. The molecule has 1 aromatic heterocycles. The van der Waals surface area contributed by atoms with Crippen LogP contribution in [-0.2, 0) is 4.79 Å². The average Bonchev–Trinajstić information content (AvgIpc) is 2.64. The van der Waals surface area contributed by atoms with Gasteiger partial charge in [0.15, 0.2) is 0 Å². The van der Waals surface area contributed by atoms with E-state index in [-0.39, 0.29) is 18.0 Å². The molecule has 2 aliphatic rings. The molecule has 0 aliphatic carbocycles. The van der Waals surface area contributed by atoms with Crippen LogP contribution in [0.5, 0.6) is 0 Å². The number of urea groups is 1. The van der Waals surface area contributed by atoms with Gasteiger partial charge in [-0.05, 0) is 44.2 Å². The second kappa shape index (κ2) is 4.33. The molecular weight excluding hydrogens is 242 g/mol. The maximum absolute atomic E-state index is 12.4. The summed E-state index contributed by atoms with van der Waals surface area (Å²) in [5.41, 5.74) is 1.89. The number of amides is 3. The molecule has 0 saturated carbocycles. The Bertz CT molecular complexity index is 532. The van der Waals surface area contributed by atoms with Crippen LogP contribution in [0.1, 0.15) is 30.4 Å². The van der Waals surface area contributed by atoms with Gasteiger partial charge in [0, 0.05) is 12.7 Å². The molecule has 1 aromatic rings. The molecule has 1 atom stereocenters. The fraction of sp³-hybridized carbons (Fsp3) is 0.500. The van der Waals surface area contributed by atoms with Gasteiger partial charge in [0.1, 0.15) is 11.9 Å². The number of carbonyl (C=O) groups is 2. The Morgan fingerprint density at radius 1 is 1.26 bits per heavy atom. The van der Waals surface area contributed by atoms with Crippen LogP contribution in [0.3, 0.4) is 0 Å². The third-order valence-electron chi connectivity index (χ3n) is 3.84. The van der Waals surface area contributed by atoms with Crippen molar-refractivity contribution in [2.45, 2.75) is 39.2 Å². The molecule has 5 nitrogen and oxygen atoms in total.